The first kappa shape index (κ1) is 20.7. The lowest BCUT2D eigenvalue weighted by atomic mass is 10.1. The molecule has 0 saturated heterocycles. The zero-order valence-corrected chi connectivity index (χ0v) is 17.3. The molecule has 0 saturated carbocycles. The van der Waals surface area contributed by atoms with Gasteiger partial charge in [0.1, 0.15) is 0 Å². The topological polar surface area (TPSA) is 74.3 Å². The number of benzene rings is 2. The largest absolute Gasteiger partial charge is 0.354 e. The molecule has 1 heterocycles. The highest BCUT2D eigenvalue weighted by Gasteiger charge is 2.16. The molecule has 6 nitrogen and oxygen atoms in total. The summed E-state index contributed by atoms with van der Waals surface area (Å²) in [7, 11) is 3.98. The Morgan fingerprint density at radius 3 is 2.34 bits per heavy atom. The molecule has 150 valence electrons. The van der Waals surface area contributed by atoms with Crippen molar-refractivity contribution in [3.8, 4) is 0 Å². The summed E-state index contributed by atoms with van der Waals surface area (Å²) in [5.74, 6) is -0.313. The minimum absolute atomic E-state index is 0.0938. The number of hydrogen-bond donors (Lipinski definition) is 2. The summed E-state index contributed by atoms with van der Waals surface area (Å²) in [5.41, 5.74) is 2.35. The number of nitrogens with one attached hydrogen (secondary N) is 2. The number of likely N-dealkylation sites (N-methyl/N-ethyl adjacent to an activating group) is 1. The van der Waals surface area contributed by atoms with Gasteiger partial charge in [0.05, 0.1) is 18.2 Å². The number of nitrogens with zero attached hydrogens (tertiary/aromatic N) is 2. The Labute approximate surface area is 174 Å². The zero-order chi connectivity index (χ0) is 20.6. The van der Waals surface area contributed by atoms with E-state index in [9.17, 15) is 9.59 Å². The molecule has 29 heavy (non-hydrogen) atoms. The first-order valence-corrected chi connectivity index (χ1v) is 10.2. The molecule has 7 heteroatoms. The van der Waals surface area contributed by atoms with Gasteiger partial charge in [-0.3, -0.25) is 14.9 Å². The normalized spacial score (nSPS) is 11.8. The molecular weight excluding hydrogens is 384 g/mol. The fourth-order valence-corrected chi connectivity index (χ4v) is 3.62. The van der Waals surface area contributed by atoms with Gasteiger partial charge >= 0.3 is 0 Å². The maximum atomic E-state index is 12.4. The second-order valence-corrected chi connectivity index (χ2v) is 7.69. The van der Waals surface area contributed by atoms with E-state index >= 15 is 0 Å². The first-order chi connectivity index (χ1) is 14.0. The molecule has 0 aliphatic rings. The molecule has 0 spiro atoms. The fraction of sp³-hybridized carbons (Fsp3) is 0.227. The van der Waals surface area contributed by atoms with Crippen molar-refractivity contribution in [2.75, 3.05) is 26.0 Å². The van der Waals surface area contributed by atoms with Gasteiger partial charge in [0.15, 0.2) is 5.13 Å². The van der Waals surface area contributed by atoms with Crippen molar-refractivity contribution in [3.63, 3.8) is 0 Å². The number of thiazole rings is 1. The Balaban J connectivity index is 1.53. The number of hydrogen-bond acceptors (Lipinski definition) is 5. The minimum atomic E-state index is -0.215. The SMILES string of the molecule is CN(C)C(CNC(=O)Cc1csc(NC(=O)c2ccccc2)n1)c1ccccc1. The summed E-state index contributed by atoms with van der Waals surface area (Å²) in [6.07, 6.45) is 0.173. The average molecular weight is 409 g/mol. The Kier molecular flexibility index (Phi) is 7.10. The Bertz CT molecular complexity index is 942. The molecule has 0 aliphatic heterocycles. The zero-order valence-electron chi connectivity index (χ0n) is 16.5. The molecule has 0 radical (unpaired) electrons. The third-order valence-corrected chi connectivity index (χ3v) is 5.26. The van der Waals surface area contributed by atoms with Gasteiger partial charge in [0.25, 0.3) is 5.91 Å². The van der Waals surface area contributed by atoms with E-state index in [1.54, 1.807) is 17.5 Å². The summed E-state index contributed by atoms with van der Waals surface area (Å²) < 4.78 is 0. The monoisotopic (exact) mass is 408 g/mol. The van der Waals surface area contributed by atoms with Crippen LogP contribution in [0, 0.1) is 0 Å². The van der Waals surface area contributed by atoms with Crippen molar-refractivity contribution in [1.29, 1.82) is 0 Å². The van der Waals surface area contributed by atoms with E-state index in [1.165, 1.54) is 11.3 Å². The van der Waals surface area contributed by atoms with Crippen LogP contribution in [0.15, 0.2) is 66.0 Å². The van der Waals surface area contributed by atoms with Crippen LogP contribution in [0.1, 0.15) is 27.7 Å². The van der Waals surface area contributed by atoms with Crippen LogP contribution in [0.4, 0.5) is 5.13 Å². The van der Waals surface area contributed by atoms with E-state index in [0.29, 0.717) is 22.9 Å². The number of amides is 2. The number of aromatic nitrogens is 1. The first-order valence-electron chi connectivity index (χ1n) is 9.32. The third kappa shape index (κ3) is 5.97. The maximum absolute atomic E-state index is 12.4. The average Bonchev–Trinajstić information content (AvgIpc) is 3.16. The van der Waals surface area contributed by atoms with Crippen LogP contribution in [0.3, 0.4) is 0 Å². The van der Waals surface area contributed by atoms with Gasteiger partial charge in [0.2, 0.25) is 5.91 Å². The molecule has 0 aliphatic carbocycles. The third-order valence-electron chi connectivity index (χ3n) is 4.45. The quantitative estimate of drug-likeness (QED) is 0.599. The van der Waals surface area contributed by atoms with Gasteiger partial charge in [-0.25, -0.2) is 4.98 Å². The van der Waals surface area contributed by atoms with Crippen molar-refractivity contribution < 1.29 is 9.59 Å². The molecular formula is C22H24N4O2S. The highest BCUT2D eigenvalue weighted by Crippen LogP contribution is 2.18. The molecule has 0 bridgehead atoms. The number of rotatable bonds is 8. The molecule has 1 unspecified atom stereocenters. The lowest BCUT2D eigenvalue weighted by Gasteiger charge is -2.25. The van der Waals surface area contributed by atoms with Crippen LogP contribution in [-0.4, -0.2) is 42.3 Å². The number of carbonyl (C=O) groups is 2. The minimum Gasteiger partial charge on any atom is -0.354 e. The fourth-order valence-electron chi connectivity index (χ4n) is 2.92. The Morgan fingerprint density at radius 1 is 1.03 bits per heavy atom. The van der Waals surface area contributed by atoms with E-state index in [0.717, 1.165) is 5.56 Å². The Hall–Kier alpha value is -3.03. The lowest BCUT2D eigenvalue weighted by Crippen LogP contribution is -2.35. The second-order valence-electron chi connectivity index (χ2n) is 6.84. The Morgan fingerprint density at radius 2 is 1.69 bits per heavy atom. The van der Waals surface area contributed by atoms with Crippen molar-refractivity contribution in [1.82, 2.24) is 15.2 Å². The molecule has 1 aromatic heterocycles. The van der Waals surface area contributed by atoms with E-state index in [4.69, 9.17) is 0 Å². The maximum Gasteiger partial charge on any atom is 0.257 e. The highest BCUT2D eigenvalue weighted by molar-refractivity contribution is 7.14. The molecule has 2 N–H and O–H groups in total. The van der Waals surface area contributed by atoms with Crippen LogP contribution in [-0.2, 0) is 11.2 Å². The van der Waals surface area contributed by atoms with Gasteiger partial charge < -0.3 is 10.2 Å². The molecule has 3 aromatic rings. The van der Waals surface area contributed by atoms with E-state index in [1.807, 2.05) is 50.5 Å². The summed E-state index contributed by atoms with van der Waals surface area (Å²) in [6.45, 7) is 0.511. The predicted octanol–water partition coefficient (Wildman–Crippen LogP) is 3.36. The van der Waals surface area contributed by atoms with E-state index in [2.05, 4.69) is 32.7 Å². The van der Waals surface area contributed by atoms with Gasteiger partial charge in [-0.2, -0.15) is 0 Å². The molecule has 3 rings (SSSR count). The van der Waals surface area contributed by atoms with E-state index in [-0.39, 0.29) is 24.3 Å². The summed E-state index contributed by atoms with van der Waals surface area (Å²) in [6, 6.07) is 19.1. The molecule has 0 fully saturated rings. The van der Waals surface area contributed by atoms with Crippen molar-refractivity contribution in [2.24, 2.45) is 0 Å². The predicted molar refractivity (Wildman–Crippen MR) is 116 cm³/mol. The van der Waals surface area contributed by atoms with Crippen LogP contribution < -0.4 is 10.6 Å². The number of carbonyl (C=O) groups excluding carboxylic acids is 2. The van der Waals surface area contributed by atoms with Crippen molar-refractivity contribution in [3.05, 3.63) is 82.9 Å². The van der Waals surface area contributed by atoms with Crippen molar-refractivity contribution in [2.45, 2.75) is 12.5 Å². The molecule has 2 aromatic carbocycles. The summed E-state index contributed by atoms with van der Waals surface area (Å²) >= 11 is 1.31. The highest BCUT2D eigenvalue weighted by atomic mass is 32.1. The lowest BCUT2D eigenvalue weighted by molar-refractivity contribution is -0.120. The van der Waals surface area contributed by atoms with Gasteiger partial charge in [-0.15, -0.1) is 11.3 Å². The van der Waals surface area contributed by atoms with Crippen LogP contribution in [0.25, 0.3) is 0 Å². The number of anilines is 1. The molecule has 1 atom stereocenters. The van der Waals surface area contributed by atoms with Crippen LogP contribution in [0.2, 0.25) is 0 Å². The summed E-state index contributed by atoms with van der Waals surface area (Å²) in [5, 5.41) is 8.03. The van der Waals surface area contributed by atoms with Gasteiger partial charge in [-0.1, -0.05) is 48.5 Å². The standard InChI is InChI=1S/C22H24N4O2S/c1-26(2)19(16-9-5-3-6-10-16)14-23-20(27)13-18-15-29-22(24-18)25-21(28)17-11-7-4-8-12-17/h3-12,15,19H,13-14H2,1-2H3,(H,23,27)(H,24,25,28). The second kappa shape index (κ2) is 9.95. The van der Waals surface area contributed by atoms with E-state index < -0.39 is 0 Å². The van der Waals surface area contributed by atoms with Gasteiger partial charge in [0, 0.05) is 17.5 Å². The van der Waals surface area contributed by atoms with Crippen LogP contribution >= 0.6 is 11.3 Å². The van der Waals surface area contributed by atoms with Crippen molar-refractivity contribution >= 4 is 28.3 Å². The molecule has 2 amide bonds. The van der Waals surface area contributed by atoms with Crippen LogP contribution in [0.5, 0.6) is 0 Å². The van der Waals surface area contributed by atoms with Gasteiger partial charge in [-0.05, 0) is 31.8 Å². The smallest absolute Gasteiger partial charge is 0.257 e. The summed E-state index contributed by atoms with van der Waals surface area (Å²) in [4.78, 5) is 31.0.